The SMILES string of the molecule is COCC1NC(=O)C(C(=O)N[C@@H](C)CO)CC=CCC(Cc2ccccc2)C(=O)OC1c1ccccc1. The number of rotatable bonds is 8. The predicted octanol–water partition coefficient (Wildman–Crippen LogP) is 2.72. The Balaban J connectivity index is 1.97. The molecule has 2 aromatic carbocycles. The van der Waals surface area contributed by atoms with Crippen LogP contribution >= 0.6 is 0 Å². The van der Waals surface area contributed by atoms with Crippen LogP contribution in [0.25, 0.3) is 0 Å². The summed E-state index contributed by atoms with van der Waals surface area (Å²) in [7, 11) is 1.50. The van der Waals surface area contributed by atoms with E-state index in [1.165, 1.54) is 7.11 Å². The van der Waals surface area contributed by atoms with E-state index in [4.69, 9.17) is 9.47 Å². The number of hydrogen-bond donors (Lipinski definition) is 3. The third-order valence-corrected chi connectivity index (χ3v) is 6.32. The first-order valence-corrected chi connectivity index (χ1v) is 12.6. The second-order valence-electron chi connectivity index (χ2n) is 9.31. The van der Waals surface area contributed by atoms with E-state index in [2.05, 4.69) is 10.6 Å². The van der Waals surface area contributed by atoms with Gasteiger partial charge in [-0.1, -0.05) is 72.8 Å². The minimum atomic E-state index is -1.02. The van der Waals surface area contributed by atoms with Crippen molar-refractivity contribution in [2.75, 3.05) is 20.3 Å². The molecule has 5 atom stereocenters. The third-order valence-electron chi connectivity index (χ3n) is 6.32. The molecule has 2 amide bonds. The van der Waals surface area contributed by atoms with Crippen molar-refractivity contribution in [1.82, 2.24) is 10.6 Å². The molecule has 1 aliphatic heterocycles. The van der Waals surface area contributed by atoms with E-state index in [9.17, 15) is 19.5 Å². The van der Waals surface area contributed by atoms with E-state index in [-0.39, 0.29) is 25.6 Å². The number of benzene rings is 2. The molecule has 37 heavy (non-hydrogen) atoms. The van der Waals surface area contributed by atoms with Crippen LogP contribution in [0.5, 0.6) is 0 Å². The van der Waals surface area contributed by atoms with E-state index in [0.717, 1.165) is 5.56 Å². The number of aliphatic hydroxyl groups excluding tert-OH is 1. The van der Waals surface area contributed by atoms with Gasteiger partial charge in [0.15, 0.2) is 0 Å². The van der Waals surface area contributed by atoms with Crippen LogP contribution in [0.4, 0.5) is 0 Å². The van der Waals surface area contributed by atoms with Crippen molar-refractivity contribution in [3.8, 4) is 0 Å². The molecule has 0 radical (unpaired) electrons. The molecule has 0 saturated heterocycles. The van der Waals surface area contributed by atoms with Crippen molar-refractivity contribution in [3.63, 3.8) is 0 Å². The van der Waals surface area contributed by atoms with Gasteiger partial charge in [-0.05, 0) is 37.3 Å². The van der Waals surface area contributed by atoms with Crippen LogP contribution in [-0.4, -0.2) is 55.3 Å². The molecular weight excluding hydrogens is 472 g/mol. The van der Waals surface area contributed by atoms with E-state index in [0.29, 0.717) is 18.4 Å². The van der Waals surface area contributed by atoms with E-state index < -0.39 is 41.8 Å². The van der Waals surface area contributed by atoms with Gasteiger partial charge in [0, 0.05) is 13.2 Å². The van der Waals surface area contributed by atoms with Crippen LogP contribution in [0.15, 0.2) is 72.8 Å². The fourth-order valence-corrected chi connectivity index (χ4v) is 4.29. The van der Waals surface area contributed by atoms with Crippen LogP contribution in [0, 0.1) is 11.8 Å². The molecule has 3 rings (SSSR count). The molecule has 0 aliphatic carbocycles. The lowest BCUT2D eigenvalue weighted by atomic mass is 9.93. The highest BCUT2D eigenvalue weighted by Crippen LogP contribution is 2.27. The van der Waals surface area contributed by atoms with Gasteiger partial charge in [-0.2, -0.15) is 0 Å². The molecule has 1 aliphatic rings. The number of methoxy groups -OCH3 is 1. The smallest absolute Gasteiger partial charge is 0.310 e. The van der Waals surface area contributed by atoms with Crippen molar-refractivity contribution in [3.05, 3.63) is 83.9 Å². The zero-order chi connectivity index (χ0) is 26.6. The first-order valence-electron chi connectivity index (χ1n) is 12.6. The Kier molecular flexibility index (Phi) is 10.9. The first kappa shape index (κ1) is 28.1. The maximum absolute atomic E-state index is 13.5. The van der Waals surface area contributed by atoms with Gasteiger partial charge >= 0.3 is 5.97 Å². The standard InChI is InChI=1S/C29H36N2O6/c1-20(18-32)30-27(33)24-16-10-9-15-23(17-21-11-5-3-6-12-21)29(35)37-26(22-13-7-4-8-14-22)25(19-36-2)31-28(24)34/h3-14,20,23-26,32H,15-19H2,1-2H3,(H,30,33)(H,31,34)/t20-,23?,24?,25?,26?/m0/s1. The minimum Gasteiger partial charge on any atom is -0.455 e. The highest BCUT2D eigenvalue weighted by molar-refractivity contribution is 6.00. The number of carbonyl (C=O) groups excluding carboxylic acids is 3. The number of hydrogen-bond acceptors (Lipinski definition) is 6. The van der Waals surface area contributed by atoms with Crippen LogP contribution in [-0.2, 0) is 30.3 Å². The zero-order valence-corrected chi connectivity index (χ0v) is 21.3. The van der Waals surface area contributed by atoms with E-state index in [1.54, 1.807) is 13.0 Å². The molecule has 0 spiro atoms. The Bertz CT molecular complexity index is 1040. The highest BCUT2D eigenvalue weighted by Gasteiger charge is 2.35. The number of cyclic esters (lactones) is 1. The Hall–Kier alpha value is -3.49. The average molecular weight is 509 g/mol. The van der Waals surface area contributed by atoms with Crippen molar-refractivity contribution >= 4 is 17.8 Å². The van der Waals surface area contributed by atoms with Gasteiger partial charge in [-0.15, -0.1) is 0 Å². The predicted molar refractivity (Wildman–Crippen MR) is 139 cm³/mol. The summed E-state index contributed by atoms with van der Waals surface area (Å²) in [6.45, 7) is 1.49. The first-order chi connectivity index (χ1) is 17.9. The highest BCUT2D eigenvalue weighted by atomic mass is 16.5. The number of esters is 1. The fraction of sp³-hybridized carbons (Fsp3) is 0.414. The largest absolute Gasteiger partial charge is 0.455 e. The molecule has 0 saturated carbocycles. The second kappa shape index (κ2) is 14.3. The number of amides is 2. The van der Waals surface area contributed by atoms with Crippen molar-refractivity contribution in [2.24, 2.45) is 11.8 Å². The third kappa shape index (κ3) is 8.27. The van der Waals surface area contributed by atoms with Crippen LogP contribution in [0.3, 0.4) is 0 Å². The van der Waals surface area contributed by atoms with Gasteiger partial charge in [0.25, 0.3) is 0 Å². The lowest BCUT2D eigenvalue weighted by Gasteiger charge is -2.31. The molecule has 4 unspecified atom stereocenters. The summed E-state index contributed by atoms with van der Waals surface area (Å²) in [5.74, 6) is -2.84. The lowest BCUT2D eigenvalue weighted by molar-refractivity contribution is -0.158. The summed E-state index contributed by atoms with van der Waals surface area (Å²) in [4.78, 5) is 39.7. The van der Waals surface area contributed by atoms with Gasteiger partial charge in [-0.25, -0.2) is 0 Å². The summed E-state index contributed by atoms with van der Waals surface area (Å²) in [5.41, 5.74) is 1.72. The van der Waals surface area contributed by atoms with Crippen molar-refractivity contribution in [2.45, 2.75) is 44.4 Å². The molecule has 8 heteroatoms. The molecule has 8 nitrogen and oxygen atoms in total. The topological polar surface area (TPSA) is 114 Å². The summed E-state index contributed by atoms with van der Waals surface area (Å²) < 4.78 is 11.5. The minimum absolute atomic E-state index is 0.0686. The number of allylic oxidation sites excluding steroid dienone is 2. The molecule has 3 N–H and O–H groups in total. The van der Waals surface area contributed by atoms with E-state index in [1.807, 2.05) is 66.7 Å². The lowest BCUT2D eigenvalue weighted by Crippen LogP contribution is -2.50. The molecule has 2 aromatic rings. The van der Waals surface area contributed by atoms with Crippen LogP contribution in [0.2, 0.25) is 0 Å². The maximum Gasteiger partial charge on any atom is 0.310 e. The van der Waals surface area contributed by atoms with Crippen molar-refractivity contribution < 1.29 is 29.0 Å². The average Bonchev–Trinajstić information content (AvgIpc) is 2.90. The van der Waals surface area contributed by atoms with Crippen LogP contribution in [0.1, 0.15) is 37.0 Å². The number of ether oxygens (including phenoxy) is 2. The Morgan fingerprint density at radius 3 is 2.38 bits per heavy atom. The summed E-state index contributed by atoms with van der Waals surface area (Å²) in [6.07, 6.45) is 3.79. The van der Waals surface area contributed by atoms with E-state index >= 15 is 0 Å². The van der Waals surface area contributed by atoms with Gasteiger partial charge in [-0.3, -0.25) is 14.4 Å². The van der Waals surface area contributed by atoms with Gasteiger partial charge in [0.1, 0.15) is 12.0 Å². The van der Waals surface area contributed by atoms with Gasteiger partial charge < -0.3 is 25.2 Å². The molecule has 1 heterocycles. The molecule has 198 valence electrons. The Morgan fingerprint density at radius 2 is 1.73 bits per heavy atom. The van der Waals surface area contributed by atoms with Gasteiger partial charge in [0.2, 0.25) is 11.8 Å². The molecule has 0 bridgehead atoms. The number of aliphatic hydroxyl groups is 1. The van der Waals surface area contributed by atoms with Crippen molar-refractivity contribution in [1.29, 1.82) is 0 Å². The normalized spacial score (nSPS) is 23.6. The summed E-state index contributed by atoms with van der Waals surface area (Å²) >= 11 is 0. The van der Waals surface area contributed by atoms with Gasteiger partial charge in [0.05, 0.1) is 25.2 Å². The second-order valence-corrected chi connectivity index (χ2v) is 9.31. The Morgan fingerprint density at radius 1 is 1.08 bits per heavy atom. The quantitative estimate of drug-likeness (QED) is 0.287. The summed E-state index contributed by atoms with van der Waals surface area (Å²) in [5, 5.41) is 14.9. The molecule has 0 aromatic heterocycles. The summed E-state index contributed by atoms with van der Waals surface area (Å²) in [6, 6.07) is 17.7. The van der Waals surface area contributed by atoms with Crippen LogP contribution < -0.4 is 10.6 Å². The monoisotopic (exact) mass is 508 g/mol. The molecule has 0 fully saturated rings. The maximum atomic E-state index is 13.5. The zero-order valence-electron chi connectivity index (χ0n) is 21.3. The Labute approximate surface area is 218 Å². The number of carbonyl (C=O) groups is 3. The molecular formula is C29H36N2O6. The number of nitrogens with one attached hydrogen (secondary N) is 2. The fourth-order valence-electron chi connectivity index (χ4n) is 4.29.